The van der Waals surface area contributed by atoms with Crippen molar-refractivity contribution in [2.45, 2.75) is 51.9 Å². The van der Waals surface area contributed by atoms with E-state index in [0.29, 0.717) is 6.61 Å². The lowest BCUT2D eigenvalue weighted by Gasteiger charge is -2.32. The first-order valence-electron chi connectivity index (χ1n) is 7.25. The minimum atomic E-state index is -0.462. The second-order valence-electron chi connectivity index (χ2n) is 5.27. The fourth-order valence-corrected chi connectivity index (χ4v) is 2.53. The van der Waals surface area contributed by atoms with E-state index >= 15 is 0 Å². The Morgan fingerprint density at radius 3 is 2.71 bits per heavy atom. The second kappa shape index (κ2) is 6.76. The quantitative estimate of drug-likeness (QED) is 0.857. The Hall–Kier alpha value is -1.82. The molecule has 2 N–H and O–H groups in total. The van der Waals surface area contributed by atoms with Crippen molar-refractivity contribution in [1.29, 1.82) is 0 Å². The largest absolute Gasteiger partial charge is 0.473 e. The summed E-state index contributed by atoms with van der Waals surface area (Å²) < 4.78 is 16.5. The molecule has 1 aliphatic heterocycles. The number of aromatic nitrogens is 1. The number of hydrogen-bond acceptors (Lipinski definition) is 6. The van der Waals surface area contributed by atoms with Gasteiger partial charge < -0.3 is 19.9 Å². The average molecular weight is 294 g/mol. The summed E-state index contributed by atoms with van der Waals surface area (Å²) in [5.74, 6) is -0.178. The Morgan fingerprint density at radius 2 is 2.10 bits per heavy atom. The molecule has 2 rings (SSSR count). The molecule has 2 atom stereocenters. The third kappa shape index (κ3) is 3.85. The van der Waals surface area contributed by atoms with Crippen molar-refractivity contribution in [3.63, 3.8) is 0 Å². The highest BCUT2D eigenvalue weighted by Crippen LogP contribution is 2.28. The van der Waals surface area contributed by atoms with Crippen LogP contribution in [0.15, 0.2) is 12.3 Å². The molecule has 6 nitrogen and oxygen atoms in total. The Balaban J connectivity index is 2.13. The smallest absolute Gasteiger partial charge is 0.340 e. The third-order valence-electron chi connectivity index (χ3n) is 3.38. The molecular weight excluding hydrogens is 272 g/mol. The van der Waals surface area contributed by atoms with E-state index in [-0.39, 0.29) is 35.4 Å². The molecule has 6 heteroatoms. The van der Waals surface area contributed by atoms with Crippen LogP contribution in [0.4, 0.5) is 5.69 Å². The summed E-state index contributed by atoms with van der Waals surface area (Å²) in [5.41, 5.74) is 6.49. The van der Waals surface area contributed by atoms with Crippen LogP contribution in [0.1, 0.15) is 44.0 Å². The summed E-state index contributed by atoms with van der Waals surface area (Å²) in [4.78, 5) is 15.9. The van der Waals surface area contributed by atoms with Crippen LogP contribution in [0.25, 0.3) is 0 Å². The van der Waals surface area contributed by atoms with Gasteiger partial charge in [-0.2, -0.15) is 0 Å². The summed E-state index contributed by atoms with van der Waals surface area (Å²) in [7, 11) is 0. The van der Waals surface area contributed by atoms with Gasteiger partial charge in [-0.1, -0.05) is 0 Å². The van der Waals surface area contributed by atoms with Crippen LogP contribution in [0.5, 0.6) is 5.88 Å². The van der Waals surface area contributed by atoms with Gasteiger partial charge >= 0.3 is 5.97 Å². The molecule has 1 saturated heterocycles. The summed E-state index contributed by atoms with van der Waals surface area (Å²) in [6, 6.07) is 1.54. The van der Waals surface area contributed by atoms with Gasteiger partial charge in [-0.15, -0.1) is 0 Å². The molecule has 1 fully saturated rings. The molecule has 0 bridgehead atoms. The van der Waals surface area contributed by atoms with Crippen LogP contribution in [-0.2, 0) is 9.47 Å². The minimum Gasteiger partial charge on any atom is -0.473 e. The number of nitrogens with zero attached hydrogens (tertiary/aromatic N) is 1. The molecule has 1 aromatic rings. The van der Waals surface area contributed by atoms with E-state index in [4.69, 9.17) is 19.9 Å². The van der Waals surface area contributed by atoms with Crippen molar-refractivity contribution in [3.8, 4) is 5.88 Å². The zero-order valence-corrected chi connectivity index (χ0v) is 12.7. The number of pyridine rings is 1. The molecule has 0 radical (unpaired) electrons. The van der Waals surface area contributed by atoms with Gasteiger partial charge in [-0.3, -0.25) is 0 Å². The van der Waals surface area contributed by atoms with Crippen molar-refractivity contribution in [2.24, 2.45) is 0 Å². The summed E-state index contributed by atoms with van der Waals surface area (Å²) in [5, 5.41) is 0. The number of carbonyl (C=O) groups is 1. The molecule has 2 heterocycles. The topological polar surface area (TPSA) is 83.7 Å². The van der Waals surface area contributed by atoms with E-state index in [1.54, 1.807) is 6.92 Å². The molecule has 0 spiro atoms. The first kappa shape index (κ1) is 15.6. The zero-order chi connectivity index (χ0) is 15.4. The van der Waals surface area contributed by atoms with Crippen LogP contribution < -0.4 is 10.5 Å². The van der Waals surface area contributed by atoms with E-state index in [0.717, 1.165) is 12.8 Å². The van der Waals surface area contributed by atoms with Gasteiger partial charge in [0.1, 0.15) is 11.8 Å². The molecule has 0 saturated carbocycles. The van der Waals surface area contributed by atoms with Gasteiger partial charge in [0, 0.05) is 19.0 Å². The van der Waals surface area contributed by atoms with Crippen molar-refractivity contribution in [1.82, 2.24) is 4.98 Å². The Morgan fingerprint density at radius 1 is 1.43 bits per heavy atom. The van der Waals surface area contributed by atoms with Crippen LogP contribution in [0.3, 0.4) is 0 Å². The molecule has 116 valence electrons. The number of nitrogens with two attached hydrogens (primary N) is 1. The number of rotatable bonds is 4. The highest BCUT2D eigenvalue weighted by atomic mass is 16.5. The number of nitrogen functional groups attached to an aromatic ring is 1. The van der Waals surface area contributed by atoms with E-state index in [1.165, 1.54) is 12.3 Å². The summed E-state index contributed by atoms with van der Waals surface area (Å²) in [6.07, 6.45) is 3.30. The number of carbonyl (C=O) groups excluding carboxylic acids is 1. The Kier molecular flexibility index (Phi) is 5.01. The van der Waals surface area contributed by atoms with Crippen molar-refractivity contribution in [3.05, 3.63) is 17.8 Å². The van der Waals surface area contributed by atoms with Crippen molar-refractivity contribution < 1.29 is 19.0 Å². The van der Waals surface area contributed by atoms with Crippen molar-refractivity contribution >= 4 is 11.7 Å². The first-order chi connectivity index (χ1) is 10.0. The molecule has 1 aromatic heterocycles. The molecule has 21 heavy (non-hydrogen) atoms. The zero-order valence-electron chi connectivity index (χ0n) is 12.7. The third-order valence-corrected chi connectivity index (χ3v) is 3.38. The Bertz CT molecular complexity index is 496. The van der Waals surface area contributed by atoms with Gasteiger partial charge in [-0.25, -0.2) is 9.78 Å². The molecule has 0 amide bonds. The molecule has 0 aromatic carbocycles. The lowest BCUT2D eigenvalue weighted by Crippen LogP contribution is -2.36. The second-order valence-corrected chi connectivity index (χ2v) is 5.27. The standard InChI is InChI=1S/C15H22N2O4/c1-4-19-15(18)12-5-6-17-14(13(12)16)21-11-7-9(2)20-10(3)8-11/h5-6,9-11H,4,7-8,16H2,1-3H3. The van der Waals surface area contributed by atoms with E-state index < -0.39 is 5.97 Å². The van der Waals surface area contributed by atoms with Gasteiger partial charge in [0.05, 0.1) is 24.4 Å². The monoisotopic (exact) mass is 294 g/mol. The number of esters is 1. The highest BCUT2D eigenvalue weighted by Gasteiger charge is 2.27. The molecule has 2 unspecified atom stereocenters. The normalized spacial score (nSPS) is 25.4. The lowest BCUT2D eigenvalue weighted by atomic mass is 10.0. The van der Waals surface area contributed by atoms with E-state index in [2.05, 4.69) is 4.98 Å². The van der Waals surface area contributed by atoms with Crippen LogP contribution in [0, 0.1) is 0 Å². The van der Waals surface area contributed by atoms with E-state index in [1.807, 2.05) is 13.8 Å². The number of ether oxygens (including phenoxy) is 3. The van der Waals surface area contributed by atoms with Crippen LogP contribution in [-0.4, -0.2) is 35.9 Å². The highest BCUT2D eigenvalue weighted by molar-refractivity contribution is 5.96. The maximum absolute atomic E-state index is 11.8. The molecule has 0 aliphatic carbocycles. The number of anilines is 1. The number of hydrogen-bond donors (Lipinski definition) is 1. The lowest BCUT2D eigenvalue weighted by molar-refractivity contribution is -0.0728. The van der Waals surface area contributed by atoms with E-state index in [9.17, 15) is 4.79 Å². The van der Waals surface area contributed by atoms with Gasteiger partial charge in [0.25, 0.3) is 0 Å². The summed E-state index contributed by atoms with van der Waals surface area (Å²) in [6.45, 7) is 6.07. The fraction of sp³-hybridized carbons (Fsp3) is 0.600. The van der Waals surface area contributed by atoms with Crippen LogP contribution >= 0.6 is 0 Å². The van der Waals surface area contributed by atoms with Gasteiger partial charge in [0.2, 0.25) is 5.88 Å². The molecular formula is C15H22N2O4. The first-order valence-corrected chi connectivity index (χ1v) is 7.25. The molecule has 1 aliphatic rings. The minimum absolute atomic E-state index is 0.0176. The van der Waals surface area contributed by atoms with Gasteiger partial charge in [0.15, 0.2) is 0 Å². The summed E-state index contributed by atoms with van der Waals surface area (Å²) >= 11 is 0. The maximum Gasteiger partial charge on any atom is 0.340 e. The Labute approximate surface area is 124 Å². The van der Waals surface area contributed by atoms with Crippen LogP contribution in [0.2, 0.25) is 0 Å². The predicted molar refractivity (Wildman–Crippen MR) is 78.3 cm³/mol. The SMILES string of the molecule is CCOC(=O)c1ccnc(OC2CC(C)OC(C)C2)c1N. The maximum atomic E-state index is 11.8. The average Bonchev–Trinajstić information content (AvgIpc) is 2.40. The van der Waals surface area contributed by atoms with Crippen molar-refractivity contribution in [2.75, 3.05) is 12.3 Å². The predicted octanol–water partition coefficient (Wildman–Crippen LogP) is 2.18. The fourth-order valence-electron chi connectivity index (χ4n) is 2.53. The van der Waals surface area contributed by atoms with Gasteiger partial charge in [-0.05, 0) is 26.8 Å².